The highest BCUT2D eigenvalue weighted by Crippen LogP contribution is 2.19. The van der Waals surface area contributed by atoms with Crippen molar-refractivity contribution in [1.29, 1.82) is 0 Å². The van der Waals surface area contributed by atoms with E-state index >= 15 is 0 Å². The second-order valence-corrected chi connectivity index (χ2v) is 3.04. The van der Waals surface area contributed by atoms with Crippen LogP contribution >= 0.6 is 21.9 Å². The quantitative estimate of drug-likeness (QED) is 0.323. The summed E-state index contributed by atoms with van der Waals surface area (Å²) in [5, 5.41) is 0. The Labute approximate surface area is 46.4 Å². The smallest absolute Gasteiger partial charge is 0.0618 e. The predicted molar refractivity (Wildman–Crippen MR) is 32.7 cm³/mol. The molecule has 0 radical (unpaired) electrons. The Balaban J connectivity index is 2.34. The second kappa shape index (κ2) is 5.66. The van der Waals surface area contributed by atoms with Gasteiger partial charge in [0.1, 0.15) is 0 Å². The van der Waals surface area contributed by atoms with E-state index in [1.54, 1.807) is 17.9 Å². The molecular weight excluding hydrogens is 116 g/mol. The van der Waals surface area contributed by atoms with Crippen molar-refractivity contribution in [2.75, 3.05) is 12.9 Å². The molecule has 38 valence electrons. The molecule has 0 aromatic heterocycles. The van der Waals surface area contributed by atoms with E-state index < -0.39 is 0 Å². The lowest BCUT2D eigenvalue weighted by molar-refractivity contribution is 0.498. The third-order valence-electron chi connectivity index (χ3n) is 0.234. The number of rotatable bonds is 3. The first-order chi connectivity index (χ1) is 2.91. The Kier molecular flexibility index (Phi) is 6.28. The molecule has 1 nitrogen and oxygen atoms in total. The van der Waals surface area contributed by atoms with Crippen LogP contribution in [0.15, 0.2) is 0 Å². The highest BCUT2D eigenvalue weighted by molar-refractivity contribution is 8.74. The van der Waals surface area contributed by atoms with Gasteiger partial charge >= 0.3 is 0 Å². The van der Waals surface area contributed by atoms with E-state index in [2.05, 4.69) is 11.1 Å². The van der Waals surface area contributed by atoms with Gasteiger partial charge in [0.25, 0.3) is 0 Å². The van der Waals surface area contributed by atoms with Gasteiger partial charge in [-0.2, -0.15) is 0 Å². The molecule has 3 heteroatoms. The summed E-state index contributed by atoms with van der Waals surface area (Å²) in [6.45, 7) is 2.09. The maximum atomic E-state index is 4.66. The summed E-state index contributed by atoms with van der Waals surface area (Å²) in [6.07, 6.45) is 0. The Morgan fingerprint density at radius 1 is 1.67 bits per heavy atom. The molecule has 0 aromatic carbocycles. The molecule has 0 fully saturated rings. The molecular formula is C3H8OS2. The fourth-order valence-corrected chi connectivity index (χ4v) is 0.866. The molecule has 0 bridgehead atoms. The van der Waals surface area contributed by atoms with E-state index in [0.29, 0.717) is 0 Å². The zero-order valence-electron chi connectivity index (χ0n) is 3.93. The predicted octanol–water partition coefficient (Wildman–Crippen LogP) is 1.95. The zero-order valence-corrected chi connectivity index (χ0v) is 5.56. The van der Waals surface area contributed by atoms with Crippen molar-refractivity contribution in [1.82, 2.24) is 0 Å². The van der Waals surface area contributed by atoms with Crippen LogP contribution < -0.4 is 0 Å². The summed E-state index contributed by atoms with van der Waals surface area (Å²) in [7, 11) is 3.38. The van der Waals surface area contributed by atoms with Gasteiger partial charge in [-0.3, -0.25) is 0 Å². The molecule has 0 unspecified atom stereocenters. The van der Waals surface area contributed by atoms with Gasteiger partial charge in [0.05, 0.1) is 18.2 Å². The highest BCUT2D eigenvalue weighted by atomic mass is 33.1. The molecule has 0 aliphatic heterocycles. The molecule has 0 heterocycles. The Hall–Kier alpha value is 0.660. The first-order valence-corrected chi connectivity index (χ1v) is 3.98. The SMILES string of the molecule is CCSSOC. The fraction of sp³-hybridized carbons (Fsp3) is 1.00. The van der Waals surface area contributed by atoms with Crippen molar-refractivity contribution in [3.63, 3.8) is 0 Å². The van der Waals surface area contributed by atoms with Crippen LogP contribution in [0.3, 0.4) is 0 Å². The van der Waals surface area contributed by atoms with Gasteiger partial charge in [-0.05, 0) is 0 Å². The van der Waals surface area contributed by atoms with Crippen LogP contribution in [-0.4, -0.2) is 12.9 Å². The third-order valence-corrected chi connectivity index (χ3v) is 2.11. The Morgan fingerprint density at radius 3 is 2.50 bits per heavy atom. The Bertz CT molecular complexity index is 20.8. The molecule has 0 amide bonds. The molecule has 0 aliphatic carbocycles. The standard InChI is InChI=1S/C3H8OS2/c1-3-5-6-4-2/h3H2,1-2H3. The van der Waals surface area contributed by atoms with Gasteiger partial charge in [0, 0.05) is 5.75 Å². The average molecular weight is 124 g/mol. The maximum absolute atomic E-state index is 4.66. The summed E-state index contributed by atoms with van der Waals surface area (Å²) >= 11 is 1.42. The maximum Gasteiger partial charge on any atom is 0.0618 e. The molecule has 0 saturated heterocycles. The second-order valence-electron chi connectivity index (χ2n) is 0.641. The molecule has 0 spiro atoms. The first kappa shape index (κ1) is 6.66. The lowest BCUT2D eigenvalue weighted by atomic mass is 11.0. The van der Waals surface area contributed by atoms with Gasteiger partial charge in [0.2, 0.25) is 0 Å². The van der Waals surface area contributed by atoms with Crippen molar-refractivity contribution < 1.29 is 4.18 Å². The van der Waals surface area contributed by atoms with Crippen LogP contribution in [0.4, 0.5) is 0 Å². The molecule has 0 aliphatic rings. The van der Waals surface area contributed by atoms with E-state index in [1.165, 1.54) is 11.1 Å². The van der Waals surface area contributed by atoms with E-state index in [1.807, 2.05) is 0 Å². The van der Waals surface area contributed by atoms with E-state index in [9.17, 15) is 0 Å². The van der Waals surface area contributed by atoms with Crippen molar-refractivity contribution >= 4 is 21.9 Å². The van der Waals surface area contributed by atoms with Gasteiger partial charge in [-0.1, -0.05) is 17.7 Å². The average Bonchev–Trinajstić information content (AvgIpc) is 1.61. The lowest BCUT2D eigenvalue weighted by Gasteiger charge is -1.86. The molecule has 0 saturated carbocycles. The van der Waals surface area contributed by atoms with Crippen LogP contribution in [0.25, 0.3) is 0 Å². The van der Waals surface area contributed by atoms with Crippen LogP contribution in [0.5, 0.6) is 0 Å². The van der Waals surface area contributed by atoms with Crippen LogP contribution in [0, 0.1) is 0 Å². The van der Waals surface area contributed by atoms with Gasteiger partial charge in [-0.25, -0.2) is 0 Å². The summed E-state index contributed by atoms with van der Waals surface area (Å²) in [5.41, 5.74) is 0. The Morgan fingerprint density at radius 2 is 2.33 bits per heavy atom. The third kappa shape index (κ3) is 4.66. The molecule has 0 N–H and O–H groups in total. The van der Waals surface area contributed by atoms with Crippen LogP contribution in [0.1, 0.15) is 6.92 Å². The lowest BCUT2D eigenvalue weighted by Crippen LogP contribution is -1.59. The fourth-order valence-electron chi connectivity index (χ4n) is 0.0962. The minimum absolute atomic E-state index is 1.11. The van der Waals surface area contributed by atoms with Crippen molar-refractivity contribution in [3.05, 3.63) is 0 Å². The van der Waals surface area contributed by atoms with Crippen LogP contribution in [0.2, 0.25) is 0 Å². The summed E-state index contributed by atoms with van der Waals surface area (Å²) in [4.78, 5) is 0. The molecule has 0 rings (SSSR count). The van der Waals surface area contributed by atoms with Gasteiger partial charge < -0.3 is 4.18 Å². The van der Waals surface area contributed by atoms with Crippen molar-refractivity contribution in [3.8, 4) is 0 Å². The van der Waals surface area contributed by atoms with Crippen LogP contribution in [-0.2, 0) is 4.18 Å². The van der Waals surface area contributed by atoms with Gasteiger partial charge in [-0.15, -0.1) is 0 Å². The number of hydrogen-bond donors (Lipinski definition) is 0. The topological polar surface area (TPSA) is 9.23 Å². The number of hydrogen-bond acceptors (Lipinski definition) is 3. The summed E-state index contributed by atoms with van der Waals surface area (Å²) in [5.74, 6) is 1.11. The van der Waals surface area contributed by atoms with E-state index in [-0.39, 0.29) is 0 Å². The van der Waals surface area contributed by atoms with Gasteiger partial charge in [0.15, 0.2) is 0 Å². The summed E-state index contributed by atoms with van der Waals surface area (Å²) in [6, 6.07) is 0. The summed E-state index contributed by atoms with van der Waals surface area (Å²) < 4.78 is 4.66. The van der Waals surface area contributed by atoms with E-state index in [4.69, 9.17) is 0 Å². The molecule has 6 heavy (non-hydrogen) atoms. The highest BCUT2D eigenvalue weighted by Gasteiger charge is 1.76. The largest absolute Gasteiger partial charge is 0.308 e. The minimum atomic E-state index is 1.11. The minimum Gasteiger partial charge on any atom is -0.308 e. The molecule has 0 atom stereocenters. The first-order valence-electron chi connectivity index (χ1n) is 1.74. The van der Waals surface area contributed by atoms with Crippen molar-refractivity contribution in [2.24, 2.45) is 0 Å². The normalized spacial score (nSPS) is 9.00. The van der Waals surface area contributed by atoms with Crippen molar-refractivity contribution in [2.45, 2.75) is 6.92 Å². The monoisotopic (exact) mass is 124 g/mol. The van der Waals surface area contributed by atoms with E-state index in [0.717, 1.165) is 5.75 Å². The molecule has 0 aromatic rings. The zero-order chi connectivity index (χ0) is 4.83.